The zero-order valence-corrected chi connectivity index (χ0v) is 10.8. The van der Waals surface area contributed by atoms with Gasteiger partial charge in [-0.3, -0.25) is 0 Å². The lowest BCUT2D eigenvalue weighted by Gasteiger charge is -2.25. The van der Waals surface area contributed by atoms with Gasteiger partial charge in [-0.15, -0.1) is 0 Å². The van der Waals surface area contributed by atoms with Gasteiger partial charge in [-0.2, -0.15) is 11.8 Å². The SMILES string of the molecule is CSCCC(C)N(C)c1nccnc1Cl. The highest BCUT2D eigenvalue weighted by Crippen LogP contribution is 2.21. The maximum atomic E-state index is 5.98. The predicted molar refractivity (Wildman–Crippen MR) is 67.9 cm³/mol. The van der Waals surface area contributed by atoms with Crippen molar-refractivity contribution in [1.29, 1.82) is 0 Å². The van der Waals surface area contributed by atoms with Gasteiger partial charge in [-0.05, 0) is 25.4 Å². The molecule has 3 nitrogen and oxygen atoms in total. The molecule has 1 unspecified atom stereocenters. The second-order valence-electron chi connectivity index (χ2n) is 3.41. The largest absolute Gasteiger partial charge is 0.354 e. The molecule has 1 aromatic rings. The number of aromatic nitrogens is 2. The average Bonchev–Trinajstić information content (AvgIpc) is 2.25. The number of hydrogen-bond acceptors (Lipinski definition) is 4. The van der Waals surface area contributed by atoms with Crippen molar-refractivity contribution in [2.45, 2.75) is 19.4 Å². The molecule has 0 N–H and O–H groups in total. The second kappa shape index (κ2) is 6.18. The smallest absolute Gasteiger partial charge is 0.171 e. The molecule has 15 heavy (non-hydrogen) atoms. The standard InChI is InChI=1S/C10H16ClN3S/c1-8(4-7-15-3)14(2)10-9(11)12-5-6-13-10/h5-6,8H,4,7H2,1-3H3. The van der Waals surface area contributed by atoms with E-state index in [2.05, 4.69) is 28.0 Å². The Morgan fingerprint density at radius 3 is 2.73 bits per heavy atom. The summed E-state index contributed by atoms with van der Waals surface area (Å²) in [4.78, 5) is 10.3. The normalized spacial score (nSPS) is 12.5. The van der Waals surface area contributed by atoms with Crippen LogP contribution in [0.4, 0.5) is 5.82 Å². The highest BCUT2D eigenvalue weighted by molar-refractivity contribution is 7.98. The van der Waals surface area contributed by atoms with Crippen LogP contribution in [0.25, 0.3) is 0 Å². The van der Waals surface area contributed by atoms with E-state index in [9.17, 15) is 0 Å². The molecule has 0 aliphatic carbocycles. The Bertz CT molecular complexity index is 308. The predicted octanol–water partition coefficient (Wildman–Crippen LogP) is 2.71. The molecule has 84 valence electrons. The summed E-state index contributed by atoms with van der Waals surface area (Å²) in [5, 5.41) is 0.469. The van der Waals surface area contributed by atoms with Crippen LogP contribution >= 0.6 is 23.4 Å². The minimum absolute atomic E-state index is 0.423. The van der Waals surface area contributed by atoms with Crippen molar-refractivity contribution in [3.05, 3.63) is 17.5 Å². The van der Waals surface area contributed by atoms with Gasteiger partial charge in [0.15, 0.2) is 11.0 Å². The fourth-order valence-electron chi connectivity index (χ4n) is 1.24. The summed E-state index contributed by atoms with van der Waals surface area (Å²) in [6.07, 6.45) is 6.50. The van der Waals surface area contributed by atoms with Crippen LogP contribution in [0, 0.1) is 0 Å². The Kier molecular flexibility index (Phi) is 5.19. The van der Waals surface area contributed by atoms with Crippen LogP contribution in [0.2, 0.25) is 5.15 Å². The third-order valence-electron chi connectivity index (χ3n) is 2.37. The molecule has 0 spiro atoms. The summed E-state index contributed by atoms with van der Waals surface area (Å²) in [6.45, 7) is 2.17. The molecule has 0 fully saturated rings. The zero-order chi connectivity index (χ0) is 11.3. The van der Waals surface area contributed by atoms with E-state index in [0.29, 0.717) is 11.2 Å². The summed E-state index contributed by atoms with van der Waals surface area (Å²) in [5.74, 6) is 1.90. The molecular weight excluding hydrogens is 230 g/mol. The molecule has 0 aliphatic rings. The molecule has 5 heteroatoms. The van der Waals surface area contributed by atoms with Gasteiger partial charge in [-0.25, -0.2) is 9.97 Å². The maximum absolute atomic E-state index is 5.98. The molecule has 0 saturated heterocycles. The van der Waals surface area contributed by atoms with Crippen LogP contribution in [-0.2, 0) is 0 Å². The van der Waals surface area contributed by atoms with Gasteiger partial charge in [-0.1, -0.05) is 11.6 Å². The van der Waals surface area contributed by atoms with Gasteiger partial charge in [0.05, 0.1) is 0 Å². The highest BCUT2D eigenvalue weighted by atomic mass is 35.5. The molecule has 0 aliphatic heterocycles. The third-order valence-corrected chi connectivity index (χ3v) is 3.28. The molecule has 1 atom stereocenters. The Balaban J connectivity index is 2.67. The highest BCUT2D eigenvalue weighted by Gasteiger charge is 2.13. The lowest BCUT2D eigenvalue weighted by atomic mass is 10.2. The lowest BCUT2D eigenvalue weighted by molar-refractivity contribution is 0.661. The van der Waals surface area contributed by atoms with Crippen LogP contribution in [0.3, 0.4) is 0 Å². The van der Waals surface area contributed by atoms with E-state index in [-0.39, 0.29) is 0 Å². The van der Waals surface area contributed by atoms with Crippen LogP contribution in [0.1, 0.15) is 13.3 Å². The van der Waals surface area contributed by atoms with Gasteiger partial charge < -0.3 is 4.90 Å². The first-order valence-corrected chi connectivity index (χ1v) is 6.62. The van der Waals surface area contributed by atoms with Gasteiger partial charge in [0.25, 0.3) is 0 Å². The minimum Gasteiger partial charge on any atom is -0.354 e. The second-order valence-corrected chi connectivity index (χ2v) is 4.76. The van der Waals surface area contributed by atoms with Gasteiger partial charge in [0.2, 0.25) is 0 Å². The number of nitrogens with zero attached hydrogens (tertiary/aromatic N) is 3. The van der Waals surface area contributed by atoms with Crippen molar-refractivity contribution in [3.8, 4) is 0 Å². The van der Waals surface area contributed by atoms with E-state index >= 15 is 0 Å². The first-order chi connectivity index (χ1) is 7.16. The Morgan fingerprint density at radius 2 is 2.13 bits per heavy atom. The molecule has 1 rings (SSSR count). The Hall–Kier alpha value is -0.480. The molecule has 0 aromatic carbocycles. The zero-order valence-electron chi connectivity index (χ0n) is 9.27. The van der Waals surface area contributed by atoms with Gasteiger partial charge in [0, 0.05) is 25.5 Å². The van der Waals surface area contributed by atoms with E-state index in [1.165, 1.54) is 0 Å². The van der Waals surface area contributed by atoms with Crippen LogP contribution in [-0.4, -0.2) is 35.1 Å². The maximum Gasteiger partial charge on any atom is 0.171 e. The van der Waals surface area contributed by atoms with E-state index in [1.807, 2.05) is 18.8 Å². The van der Waals surface area contributed by atoms with E-state index in [0.717, 1.165) is 18.0 Å². The Morgan fingerprint density at radius 1 is 1.47 bits per heavy atom. The quantitative estimate of drug-likeness (QED) is 0.798. The summed E-state index contributed by atoms with van der Waals surface area (Å²) in [6, 6.07) is 0.423. The van der Waals surface area contributed by atoms with Gasteiger partial charge in [0.1, 0.15) is 0 Å². The number of anilines is 1. The molecular formula is C10H16ClN3S. The first-order valence-electron chi connectivity index (χ1n) is 4.85. The van der Waals surface area contributed by atoms with Crippen molar-refractivity contribution in [3.63, 3.8) is 0 Å². The van der Waals surface area contributed by atoms with Crippen molar-refractivity contribution in [2.24, 2.45) is 0 Å². The Labute approximate surface area is 100 Å². The number of thioether (sulfide) groups is 1. The van der Waals surface area contributed by atoms with Crippen LogP contribution in [0.15, 0.2) is 12.4 Å². The van der Waals surface area contributed by atoms with Crippen molar-refractivity contribution in [1.82, 2.24) is 9.97 Å². The van der Waals surface area contributed by atoms with E-state index < -0.39 is 0 Å². The third kappa shape index (κ3) is 3.54. The topological polar surface area (TPSA) is 29.0 Å². The molecule has 1 heterocycles. The summed E-state index contributed by atoms with van der Waals surface area (Å²) in [5.41, 5.74) is 0. The fourth-order valence-corrected chi connectivity index (χ4v) is 2.06. The number of rotatable bonds is 5. The van der Waals surface area contributed by atoms with Crippen molar-refractivity contribution < 1.29 is 0 Å². The minimum atomic E-state index is 0.423. The van der Waals surface area contributed by atoms with Crippen LogP contribution in [0.5, 0.6) is 0 Å². The fraction of sp³-hybridized carbons (Fsp3) is 0.600. The average molecular weight is 246 g/mol. The molecule has 0 amide bonds. The van der Waals surface area contributed by atoms with Gasteiger partial charge >= 0.3 is 0 Å². The van der Waals surface area contributed by atoms with Crippen molar-refractivity contribution >= 4 is 29.2 Å². The molecule has 1 aromatic heterocycles. The van der Waals surface area contributed by atoms with E-state index in [1.54, 1.807) is 12.4 Å². The number of hydrogen-bond donors (Lipinski definition) is 0. The molecule has 0 radical (unpaired) electrons. The van der Waals surface area contributed by atoms with Crippen LogP contribution < -0.4 is 4.90 Å². The molecule has 0 bridgehead atoms. The first kappa shape index (κ1) is 12.6. The number of halogens is 1. The monoisotopic (exact) mass is 245 g/mol. The lowest BCUT2D eigenvalue weighted by Crippen LogP contribution is -2.30. The van der Waals surface area contributed by atoms with E-state index in [4.69, 9.17) is 11.6 Å². The summed E-state index contributed by atoms with van der Waals surface area (Å²) in [7, 11) is 2.00. The molecule has 0 saturated carbocycles. The summed E-state index contributed by atoms with van der Waals surface area (Å²) >= 11 is 7.83. The summed E-state index contributed by atoms with van der Waals surface area (Å²) < 4.78 is 0. The van der Waals surface area contributed by atoms with Crippen molar-refractivity contribution in [2.75, 3.05) is 24.0 Å².